The third kappa shape index (κ3) is 1.79. The molecule has 0 radical (unpaired) electrons. The zero-order chi connectivity index (χ0) is 10.7. The van der Waals surface area contributed by atoms with Crippen molar-refractivity contribution >= 4 is 5.70 Å². The zero-order valence-corrected chi connectivity index (χ0v) is 8.97. The SMILES string of the molecule is C=C1c2ccc(F)cc2CN1C.CC. The quantitative estimate of drug-likeness (QED) is 0.611. The summed E-state index contributed by atoms with van der Waals surface area (Å²) in [7, 11) is 1.96. The minimum absolute atomic E-state index is 0.170. The number of fused-ring (bicyclic) bond motifs is 1. The minimum Gasteiger partial charge on any atom is -0.370 e. The van der Waals surface area contributed by atoms with Crippen LogP contribution in [-0.2, 0) is 6.54 Å². The highest BCUT2D eigenvalue weighted by Crippen LogP contribution is 2.29. The van der Waals surface area contributed by atoms with Crippen molar-refractivity contribution in [3.8, 4) is 0 Å². The molecule has 0 amide bonds. The van der Waals surface area contributed by atoms with Crippen molar-refractivity contribution in [3.05, 3.63) is 41.7 Å². The van der Waals surface area contributed by atoms with E-state index in [1.165, 1.54) is 6.07 Å². The van der Waals surface area contributed by atoms with Gasteiger partial charge in [-0.25, -0.2) is 4.39 Å². The predicted octanol–water partition coefficient (Wildman–Crippen LogP) is 3.27. The summed E-state index contributed by atoms with van der Waals surface area (Å²) in [6.45, 7) is 8.68. The maximum absolute atomic E-state index is 12.8. The van der Waals surface area contributed by atoms with Gasteiger partial charge in [-0.2, -0.15) is 0 Å². The standard InChI is InChI=1S/C10H10FN.C2H6/c1-7-10-4-3-9(11)5-8(10)6-12(7)2;1-2/h3-5H,1,6H2,2H3;1-2H3. The number of benzene rings is 1. The Morgan fingerprint density at radius 1 is 1.36 bits per heavy atom. The first-order valence-corrected chi connectivity index (χ1v) is 4.87. The molecule has 1 heterocycles. The molecule has 0 spiro atoms. The molecule has 1 aromatic rings. The average molecular weight is 193 g/mol. The van der Waals surface area contributed by atoms with E-state index in [2.05, 4.69) is 6.58 Å². The summed E-state index contributed by atoms with van der Waals surface area (Å²) in [6, 6.07) is 4.84. The fourth-order valence-corrected chi connectivity index (χ4v) is 1.53. The second kappa shape index (κ2) is 4.27. The highest BCUT2D eigenvalue weighted by atomic mass is 19.1. The third-order valence-corrected chi connectivity index (χ3v) is 2.25. The van der Waals surface area contributed by atoms with E-state index in [-0.39, 0.29) is 5.82 Å². The smallest absolute Gasteiger partial charge is 0.123 e. The zero-order valence-electron chi connectivity index (χ0n) is 8.97. The summed E-state index contributed by atoms with van der Waals surface area (Å²) >= 11 is 0. The summed E-state index contributed by atoms with van der Waals surface area (Å²) in [5.41, 5.74) is 3.08. The first-order chi connectivity index (χ1) is 6.68. The Labute approximate surface area is 84.9 Å². The van der Waals surface area contributed by atoms with E-state index < -0.39 is 0 Å². The van der Waals surface area contributed by atoms with Crippen molar-refractivity contribution in [3.63, 3.8) is 0 Å². The molecule has 0 aromatic heterocycles. The molecule has 1 aromatic carbocycles. The van der Waals surface area contributed by atoms with Crippen LogP contribution in [0.4, 0.5) is 4.39 Å². The maximum Gasteiger partial charge on any atom is 0.123 e. The summed E-state index contributed by atoms with van der Waals surface area (Å²) in [5, 5.41) is 0. The third-order valence-electron chi connectivity index (χ3n) is 2.25. The van der Waals surface area contributed by atoms with E-state index in [4.69, 9.17) is 0 Å². The molecule has 14 heavy (non-hydrogen) atoms. The summed E-state index contributed by atoms with van der Waals surface area (Å²) in [6.07, 6.45) is 0. The molecule has 2 rings (SSSR count). The van der Waals surface area contributed by atoms with E-state index >= 15 is 0 Å². The van der Waals surface area contributed by atoms with Gasteiger partial charge in [0.15, 0.2) is 0 Å². The van der Waals surface area contributed by atoms with E-state index in [1.807, 2.05) is 25.8 Å². The molecular formula is C12H16FN. The number of rotatable bonds is 0. The Bertz CT molecular complexity index is 344. The Morgan fingerprint density at radius 3 is 2.64 bits per heavy atom. The Hall–Kier alpha value is -1.31. The lowest BCUT2D eigenvalue weighted by atomic mass is 10.1. The molecule has 0 N–H and O–H groups in total. The van der Waals surface area contributed by atoms with Crippen molar-refractivity contribution in [2.24, 2.45) is 0 Å². The number of halogens is 1. The van der Waals surface area contributed by atoms with Gasteiger partial charge in [0, 0.05) is 24.9 Å². The van der Waals surface area contributed by atoms with Gasteiger partial charge in [0.1, 0.15) is 5.82 Å². The van der Waals surface area contributed by atoms with Gasteiger partial charge in [-0.3, -0.25) is 0 Å². The molecule has 0 aliphatic carbocycles. The van der Waals surface area contributed by atoms with Crippen LogP contribution >= 0.6 is 0 Å². The van der Waals surface area contributed by atoms with Gasteiger partial charge >= 0.3 is 0 Å². The van der Waals surface area contributed by atoms with Crippen LogP contribution in [-0.4, -0.2) is 11.9 Å². The molecule has 1 aliphatic heterocycles. The molecule has 0 fully saturated rings. The van der Waals surface area contributed by atoms with E-state index in [0.29, 0.717) is 0 Å². The molecule has 1 nitrogen and oxygen atoms in total. The molecule has 2 heteroatoms. The van der Waals surface area contributed by atoms with Crippen molar-refractivity contribution < 1.29 is 4.39 Å². The van der Waals surface area contributed by atoms with Crippen molar-refractivity contribution in [2.45, 2.75) is 20.4 Å². The summed E-state index contributed by atoms with van der Waals surface area (Å²) in [4.78, 5) is 2.02. The maximum atomic E-state index is 12.8. The first kappa shape index (κ1) is 10.8. The monoisotopic (exact) mass is 193 g/mol. The predicted molar refractivity (Wildman–Crippen MR) is 58.2 cm³/mol. The lowest BCUT2D eigenvalue weighted by molar-refractivity contribution is 0.500. The van der Waals surface area contributed by atoms with Crippen LogP contribution in [0.1, 0.15) is 25.0 Å². The molecule has 1 aliphatic rings. The van der Waals surface area contributed by atoms with E-state index in [9.17, 15) is 4.39 Å². The molecule has 0 saturated carbocycles. The van der Waals surface area contributed by atoms with Crippen LogP contribution in [0.5, 0.6) is 0 Å². The lowest BCUT2D eigenvalue weighted by Gasteiger charge is -2.09. The van der Waals surface area contributed by atoms with Crippen LogP contribution in [0.15, 0.2) is 24.8 Å². The topological polar surface area (TPSA) is 3.24 Å². The second-order valence-electron chi connectivity index (χ2n) is 3.10. The fourth-order valence-electron chi connectivity index (χ4n) is 1.53. The van der Waals surface area contributed by atoms with Gasteiger partial charge in [0.2, 0.25) is 0 Å². The first-order valence-electron chi connectivity index (χ1n) is 4.87. The van der Waals surface area contributed by atoms with Gasteiger partial charge < -0.3 is 4.90 Å². The van der Waals surface area contributed by atoms with Gasteiger partial charge in [-0.15, -0.1) is 0 Å². The van der Waals surface area contributed by atoms with Crippen molar-refractivity contribution in [2.75, 3.05) is 7.05 Å². The second-order valence-corrected chi connectivity index (χ2v) is 3.10. The van der Waals surface area contributed by atoms with E-state index in [0.717, 1.165) is 23.4 Å². The Balaban J connectivity index is 0.000000461. The molecule has 0 unspecified atom stereocenters. The highest BCUT2D eigenvalue weighted by molar-refractivity contribution is 5.68. The average Bonchev–Trinajstić information content (AvgIpc) is 2.45. The van der Waals surface area contributed by atoms with Crippen LogP contribution in [0.25, 0.3) is 5.70 Å². The molecule has 0 saturated heterocycles. The minimum atomic E-state index is -0.170. The lowest BCUT2D eigenvalue weighted by Crippen LogP contribution is -2.05. The molecule has 0 bridgehead atoms. The van der Waals surface area contributed by atoms with E-state index in [1.54, 1.807) is 12.1 Å². The summed E-state index contributed by atoms with van der Waals surface area (Å²) < 4.78 is 12.8. The highest BCUT2D eigenvalue weighted by Gasteiger charge is 2.18. The Kier molecular flexibility index (Phi) is 3.28. The number of nitrogens with zero attached hydrogens (tertiary/aromatic N) is 1. The number of hydrogen-bond donors (Lipinski definition) is 0. The van der Waals surface area contributed by atoms with Crippen LogP contribution in [0.2, 0.25) is 0 Å². The van der Waals surface area contributed by atoms with Crippen LogP contribution in [0, 0.1) is 5.82 Å². The van der Waals surface area contributed by atoms with Gasteiger partial charge in [-0.05, 0) is 23.8 Å². The van der Waals surface area contributed by atoms with Crippen molar-refractivity contribution in [1.82, 2.24) is 4.90 Å². The van der Waals surface area contributed by atoms with Gasteiger partial charge in [0.25, 0.3) is 0 Å². The largest absolute Gasteiger partial charge is 0.370 e. The normalized spacial score (nSPS) is 13.4. The number of hydrogen-bond acceptors (Lipinski definition) is 1. The molecule has 0 atom stereocenters. The van der Waals surface area contributed by atoms with Gasteiger partial charge in [-0.1, -0.05) is 20.4 Å². The van der Waals surface area contributed by atoms with Crippen molar-refractivity contribution in [1.29, 1.82) is 0 Å². The van der Waals surface area contributed by atoms with Crippen LogP contribution in [0.3, 0.4) is 0 Å². The summed E-state index contributed by atoms with van der Waals surface area (Å²) in [5.74, 6) is -0.170. The van der Waals surface area contributed by atoms with Gasteiger partial charge in [0.05, 0.1) is 0 Å². The fraction of sp³-hybridized carbons (Fsp3) is 0.333. The molecular weight excluding hydrogens is 177 g/mol. The Morgan fingerprint density at radius 2 is 2.00 bits per heavy atom. The molecule has 76 valence electrons. The van der Waals surface area contributed by atoms with Crippen LogP contribution < -0.4 is 0 Å².